The Balaban J connectivity index is 1.96. The molecule has 118 valence electrons. The molecular formula is C20H15ClN2O. The predicted molar refractivity (Wildman–Crippen MR) is 99.4 cm³/mol. The molecule has 0 aromatic heterocycles. The molecule has 24 heavy (non-hydrogen) atoms. The quantitative estimate of drug-likeness (QED) is 0.396. The van der Waals surface area contributed by atoms with E-state index in [9.17, 15) is 4.79 Å². The van der Waals surface area contributed by atoms with Crippen LogP contribution >= 0.6 is 11.6 Å². The Morgan fingerprint density at radius 3 is 2.00 bits per heavy atom. The Bertz CT molecular complexity index is 844. The molecule has 3 aromatic rings. The molecule has 0 aliphatic carbocycles. The lowest BCUT2D eigenvalue weighted by Crippen LogP contribution is -2.23. The third kappa shape index (κ3) is 4.09. The number of aliphatic imine (C=N–C) groups is 1. The van der Waals surface area contributed by atoms with E-state index in [1.165, 1.54) is 0 Å². The van der Waals surface area contributed by atoms with Crippen LogP contribution in [0.2, 0.25) is 5.02 Å². The van der Waals surface area contributed by atoms with Crippen LogP contribution in [0.25, 0.3) is 0 Å². The smallest absolute Gasteiger partial charge is 0.228 e. The molecule has 0 spiro atoms. The van der Waals surface area contributed by atoms with Crippen molar-refractivity contribution < 1.29 is 4.79 Å². The highest BCUT2D eigenvalue weighted by Crippen LogP contribution is 2.16. The number of carbonyl (C=O) groups is 1. The molecule has 0 saturated carbocycles. The van der Waals surface area contributed by atoms with E-state index in [-0.39, 0.29) is 11.6 Å². The van der Waals surface area contributed by atoms with E-state index < -0.39 is 0 Å². The summed E-state index contributed by atoms with van der Waals surface area (Å²) < 4.78 is 0. The van der Waals surface area contributed by atoms with Gasteiger partial charge in [-0.1, -0.05) is 48.0 Å². The molecule has 0 bridgehead atoms. The highest BCUT2D eigenvalue weighted by Gasteiger charge is 2.14. The molecule has 3 aromatic carbocycles. The summed E-state index contributed by atoms with van der Waals surface area (Å²) in [4.78, 5) is 17.3. The third-order valence-corrected chi connectivity index (χ3v) is 3.61. The maximum atomic E-state index is 12.8. The topological polar surface area (TPSA) is 41.5 Å². The van der Waals surface area contributed by atoms with Crippen LogP contribution in [0.1, 0.15) is 10.4 Å². The molecule has 3 nitrogen and oxygen atoms in total. The molecular weight excluding hydrogens is 320 g/mol. The van der Waals surface area contributed by atoms with E-state index in [0.29, 0.717) is 16.3 Å². The van der Waals surface area contributed by atoms with Crippen LogP contribution in [0.3, 0.4) is 0 Å². The summed E-state index contributed by atoms with van der Waals surface area (Å²) in [6, 6.07) is 25.6. The van der Waals surface area contributed by atoms with E-state index in [1.54, 1.807) is 24.3 Å². The Labute approximate surface area is 145 Å². The van der Waals surface area contributed by atoms with Gasteiger partial charge < -0.3 is 5.32 Å². The van der Waals surface area contributed by atoms with Crippen molar-refractivity contribution in [2.75, 3.05) is 5.32 Å². The fourth-order valence-corrected chi connectivity index (χ4v) is 2.29. The van der Waals surface area contributed by atoms with Crippen molar-refractivity contribution in [3.8, 4) is 0 Å². The number of nitrogens with one attached hydrogen (secondary N) is 1. The van der Waals surface area contributed by atoms with E-state index >= 15 is 0 Å². The van der Waals surface area contributed by atoms with Crippen LogP contribution in [0.15, 0.2) is 89.9 Å². The Morgan fingerprint density at radius 2 is 1.38 bits per heavy atom. The van der Waals surface area contributed by atoms with Crippen LogP contribution in [0.4, 0.5) is 11.4 Å². The van der Waals surface area contributed by atoms with Crippen molar-refractivity contribution in [3.05, 3.63) is 95.5 Å². The van der Waals surface area contributed by atoms with Gasteiger partial charge in [-0.25, -0.2) is 4.99 Å². The average molecular weight is 335 g/mol. The van der Waals surface area contributed by atoms with E-state index in [2.05, 4.69) is 10.3 Å². The molecule has 0 saturated heterocycles. The van der Waals surface area contributed by atoms with Gasteiger partial charge >= 0.3 is 0 Å². The number of benzene rings is 3. The van der Waals surface area contributed by atoms with Crippen LogP contribution in [0.5, 0.6) is 0 Å². The van der Waals surface area contributed by atoms with Crippen molar-refractivity contribution in [3.63, 3.8) is 0 Å². The van der Waals surface area contributed by atoms with E-state index in [0.717, 1.165) is 5.69 Å². The van der Waals surface area contributed by atoms with E-state index in [4.69, 9.17) is 11.6 Å². The summed E-state index contributed by atoms with van der Waals surface area (Å²) in [5.74, 6) is 0.0640. The predicted octanol–water partition coefficient (Wildman–Crippen LogP) is 5.37. The SMILES string of the molecule is O=C(C(=Nc1ccccc1)Nc1ccccc1)c1ccc(Cl)cc1. The van der Waals surface area contributed by atoms with Gasteiger partial charge in [0.15, 0.2) is 5.84 Å². The van der Waals surface area contributed by atoms with E-state index in [1.807, 2.05) is 60.7 Å². The summed E-state index contributed by atoms with van der Waals surface area (Å²) in [5, 5.41) is 3.69. The second-order valence-electron chi connectivity index (χ2n) is 5.12. The number of amidine groups is 1. The fourth-order valence-electron chi connectivity index (χ4n) is 2.16. The maximum Gasteiger partial charge on any atom is 0.228 e. The van der Waals surface area contributed by atoms with Crippen LogP contribution in [-0.2, 0) is 0 Å². The Kier molecular flexibility index (Phi) is 5.04. The normalized spacial score (nSPS) is 11.1. The molecule has 0 heterocycles. The lowest BCUT2D eigenvalue weighted by atomic mass is 10.1. The number of hydrogen-bond donors (Lipinski definition) is 1. The zero-order valence-corrected chi connectivity index (χ0v) is 13.6. The fraction of sp³-hybridized carbons (Fsp3) is 0. The van der Waals surface area contributed by atoms with Gasteiger partial charge in [-0.15, -0.1) is 0 Å². The number of para-hydroxylation sites is 2. The molecule has 0 radical (unpaired) electrons. The van der Waals surface area contributed by atoms with Crippen molar-refractivity contribution in [2.24, 2.45) is 4.99 Å². The average Bonchev–Trinajstić information content (AvgIpc) is 2.63. The van der Waals surface area contributed by atoms with Crippen molar-refractivity contribution in [1.82, 2.24) is 0 Å². The van der Waals surface area contributed by atoms with Crippen LogP contribution in [-0.4, -0.2) is 11.6 Å². The molecule has 3 rings (SSSR count). The highest BCUT2D eigenvalue weighted by molar-refractivity contribution is 6.49. The minimum absolute atomic E-state index is 0.195. The van der Waals surface area contributed by atoms with Crippen molar-refractivity contribution in [1.29, 1.82) is 0 Å². The summed E-state index contributed by atoms with van der Waals surface area (Å²) in [5.41, 5.74) is 2.03. The van der Waals surface area contributed by atoms with Gasteiger partial charge in [0, 0.05) is 16.3 Å². The second kappa shape index (κ2) is 7.57. The third-order valence-electron chi connectivity index (χ3n) is 3.36. The van der Waals surface area contributed by atoms with Gasteiger partial charge in [0.25, 0.3) is 0 Å². The first kappa shape index (κ1) is 16.0. The number of hydrogen-bond acceptors (Lipinski definition) is 2. The first-order chi connectivity index (χ1) is 11.7. The summed E-state index contributed by atoms with van der Waals surface area (Å²) in [6.45, 7) is 0. The molecule has 1 N–H and O–H groups in total. The van der Waals surface area contributed by atoms with Crippen LogP contribution < -0.4 is 5.32 Å². The molecule has 0 aliphatic rings. The number of anilines is 1. The summed E-state index contributed by atoms with van der Waals surface area (Å²) in [6.07, 6.45) is 0. The second-order valence-corrected chi connectivity index (χ2v) is 5.56. The monoisotopic (exact) mass is 334 g/mol. The van der Waals surface area contributed by atoms with Gasteiger partial charge in [-0.05, 0) is 48.5 Å². The van der Waals surface area contributed by atoms with Crippen molar-refractivity contribution >= 4 is 34.6 Å². The lowest BCUT2D eigenvalue weighted by molar-refractivity contribution is 0.106. The largest absolute Gasteiger partial charge is 0.337 e. The molecule has 0 unspecified atom stereocenters. The minimum atomic E-state index is -0.195. The van der Waals surface area contributed by atoms with Gasteiger partial charge in [-0.2, -0.15) is 0 Å². The molecule has 0 atom stereocenters. The Morgan fingerprint density at radius 1 is 0.792 bits per heavy atom. The minimum Gasteiger partial charge on any atom is -0.337 e. The summed E-state index contributed by atoms with van der Waals surface area (Å²) >= 11 is 5.90. The maximum absolute atomic E-state index is 12.8. The molecule has 0 fully saturated rings. The Hall–Kier alpha value is -2.91. The molecule has 4 heteroatoms. The molecule has 0 aliphatic heterocycles. The zero-order valence-electron chi connectivity index (χ0n) is 12.8. The number of nitrogens with zero attached hydrogens (tertiary/aromatic N) is 1. The first-order valence-electron chi connectivity index (χ1n) is 7.48. The number of ketones is 1. The number of rotatable bonds is 4. The highest BCUT2D eigenvalue weighted by atomic mass is 35.5. The van der Waals surface area contributed by atoms with Gasteiger partial charge in [0.2, 0.25) is 5.78 Å². The van der Waals surface area contributed by atoms with Crippen LogP contribution in [0, 0.1) is 0 Å². The molecule has 0 amide bonds. The van der Waals surface area contributed by atoms with Gasteiger partial charge in [-0.3, -0.25) is 4.79 Å². The standard InChI is InChI=1S/C20H15ClN2O/c21-16-13-11-15(12-14-16)19(24)20(22-17-7-3-1-4-8-17)23-18-9-5-2-6-10-18/h1-14H,(H,22,23). The number of carbonyl (C=O) groups excluding carboxylic acids is 1. The number of halogens is 1. The van der Waals surface area contributed by atoms with Gasteiger partial charge in [0.05, 0.1) is 5.69 Å². The summed E-state index contributed by atoms with van der Waals surface area (Å²) in [7, 11) is 0. The zero-order chi connectivity index (χ0) is 16.8. The van der Waals surface area contributed by atoms with Crippen molar-refractivity contribution in [2.45, 2.75) is 0 Å². The number of Topliss-reactive ketones (excluding diaryl/α,β-unsaturated/α-hetero) is 1. The lowest BCUT2D eigenvalue weighted by Gasteiger charge is -2.09. The van der Waals surface area contributed by atoms with Gasteiger partial charge in [0.1, 0.15) is 0 Å². The first-order valence-corrected chi connectivity index (χ1v) is 7.86.